The Bertz CT molecular complexity index is 625. The smallest absolute Gasteiger partial charge is 0.200 e. The first kappa shape index (κ1) is 16.0. The van der Waals surface area contributed by atoms with Crippen LogP contribution in [-0.4, -0.2) is 33.0 Å². The molecule has 0 aliphatic rings. The third-order valence-corrected chi connectivity index (χ3v) is 3.58. The first-order valence-electron chi connectivity index (χ1n) is 7.21. The second kappa shape index (κ2) is 7.04. The monoisotopic (exact) mass is 303 g/mol. The van der Waals surface area contributed by atoms with E-state index in [9.17, 15) is 20.4 Å². The predicted molar refractivity (Wildman–Crippen MR) is 84.4 cm³/mol. The molecule has 0 aliphatic carbocycles. The molecule has 2 aromatic rings. The molecule has 0 fully saturated rings. The minimum absolute atomic E-state index is 0.234. The third-order valence-electron chi connectivity index (χ3n) is 3.58. The van der Waals surface area contributed by atoms with E-state index in [0.717, 1.165) is 12.0 Å². The van der Waals surface area contributed by atoms with Gasteiger partial charge in [0.05, 0.1) is 0 Å². The van der Waals surface area contributed by atoms with Gasteiger partial charge in [-0.3, -0.25) is 0 Å². The number of benzene rings is 2. The molecule has 5 nitrogen and oxygen atoms in total. The van der Waals surface area contributed by atoms with Gasteiger partial charge in [-0.15, -0.1) is 0 Å². The molecule has 0 saturated carbocycles. The van der Waals surface area contributed by atoms with E-state index in [-0.39, 0.29) is 23.3 Å². The van der Waals surface area contributed by atoms with Crippen molar-refractivity contribution in [1.29, 1.82) is 0 Å². The van der Waals surface area contributed by atoms with Crippen LogP contribution in [0.25, 0.3) is 0 Å². The van der Waals surface area contributed by atoms with E-state index in [2.05, 4.69) is 12.2 Å². The van der Waals surface area contributed by atoms with E-state index in [4.69, 9.17) is 0 Å². The number of hydrogen-bond donors (Lipinski definition) is 5. The van der Waals surface area contributed by atoms with Crippen molar-refractivity contribution in [3.8, 4) is 23.0 Å². The second-order valence-electron chi connectivity index (χ2n) is 5.42. The van der Waals surface area contributed by atoms with Crippen LogP contribution < -0.4 is 5.32 Å². The zero-order chi connectivity index (χ0) is 16.1. The fraction of sp³-hybridized carbons (Fsp3) is 0.294. The summed E-state index contributed by atoms with van der Waals surface area (Å²) in [6.07, 6.45) is 1.37. The molecular formula is C17H21NO4. The van der Waals surface area contributed by atoms with Gasteiger partial charge in [0.1, 0.15) is 5.75 Å². The standard InChI is InChI=1S/C17H21NO4/c1-11(10-12-2-5-14(19)6-3-12)18-9-8-13-4-7-15(20)17(22)16(13)21/h2-7,11,18-22H,8-10H2,1H3. The molecular weight excluding hydrogens is 282 g/mol. The highest BCUT2D eigenvalue weighted by Gasteiger charge is 2.11. The number of rotatable bonds is 6. The van der Waals surface area contributed by atoms with Crippen LogP contribution in [0.1, 0.15) is 18.1 Å². The largest absolute Gasteiger partial charge is 0.508 e. The topological polar surface area (TPSA) is 93.0 Å². The second-order valence-corrected chi connectivity index (χ2v) is 5.42. The molecule has 1 atom stereocenters. The fourth-order valence-corrected chi connectivity index (χ4v) is 2.32. The lowest BCUT2D eigenvalue weighted by atomic mass is 10.1. The first-order valence-corrected chi connectivity index (χ1v) is 7.21. The van der Waals surface area contributed by atoms with Crippen LogP contribution in [0.15, 0.2) is 36.4 Å². The summed E-state index contributed by atoms with van der Waals surface area (Å²) in [5.74, 6) is -0.815. The lowest BCUT2D eigenvalue weighted by Gasteiger charge is -2.14. The predicted octanol–water partition coefficient (Wildman–Crippen LogP) is 2.27. The Morgan fingerprint density at radius 3 is 2.27 bits per heavy atom. The Morgan fingerprint density at radius 2 is 1.59 bits per heavy atom. The summed E-state index contributed by atoms with van der Waals surface area (Å²) in [5, 5.41) is 41.1. The summed E-state index contributed by atoms with van der Waals surface area (Å²) in [5.41, 5.74) is 1.71. The van der Waals surface area contributed by atoms with Gasteiger partial charge in [0, 0.05) is 6.04 Å². The SMILES string of the molecule is CC(Cc1ccc(O)cc1)NCCc1ccc(O)c(O)c1O. The highest BCUT2D eigenvalue weighted by atomic mass is 16.3. The fourth-order valence-electron chi connectivity index (χ4n) is 2.32. The van der Waals surface area contributed by atoms with E-state index in [1.54, 1.807) is 18.2 Å². The van der Waals surface area contributed by atoms with Gasteiger partial charge < -0.3 is 25.7 Å². The van der Waals surface area contributed by atoms with Crippen molar-refractivity contribution in [3.05, 3.63) is 47.5 Å². The van der Waals surface area contributed by atoms with Gasteiger partial charge in [-0.1, -0.05) is 18.2 Å². The number of nitrogens with one attached hydrogen (secondary N) is 1. The summed E-state index contributed by atoms with van der Waals surface area (Å²) in [6, 6.07) is 10.3. The maximum absolute atomic E-state index is 9.74. The van der Waals surface area contributed by atoms with Crippen molar-refractivity contribution in [1.82, 2.24) is 5.32 Å². The van der Waals surface area contributed by atoms with E-state index >= 15 is 0 Å². The summed E-state index contributed by atoms with van der Waals surface area (Å²) in [4.78, 5) is 0. The summed E-state index contributed by atoms with van der Waals surface area (Å²) in [7, 11) is 0. The van der Waals surface area contributed by atoms with Gasteiger partial charge in [0.25, 0.3) is 0 Å². The maximum Gasteiger partial charge on any atom is 0.200 e. The highest BCUT2D eigenvalue weighted by Crippen LogP contribution is 2.37. The van der Waals surface area contributed by atoms with Crippen LogP contribution in [-0.2, 0) is 12.8 Å². The van der Waals surface area contributed by atoms with Gasteiger partial charge in [-0.2, -0.15) is 0 Å². The Balaban J connectivity index is 1.83. The molecule has 1 unspecified atom stereocenters. The van der Waals surface area contributed by atoms with Crippen molar-refractivity contribution in [2.75, 3.05) is 6.54 Å². The van der Waals surface area contributed by atoms with Gasteiger partial charge in [-0.25, -0.2) is 0 Å². The van der Waals surface area contributed by atoms with Crippen LogP contribution in [0.4, 0.5) is 0 Å². The Morgan fingerprint density at radius 1 is 0.909 bits per heavy atom. The van der Waals surface area contributed by atoms with E-state index in [1.165, 1.54) is 6.07 Å². The molecule has 0 amide bonds. The minimum Gasteiger partial charge on any atom is -0.508 e. The number of aromatic hydroxyl groups is 4. The Hall–Kier alpha value is -2.40. The zero-order valence-electron chi connectivity index (χ0n) is 12.5. The van der Waals surface area contributed by atoms with E-state index in [1.807, 2.05) is 12.1 Å². The molecule has 2 rings (SSSR count). The molecule has 0 spiro atoms. The lowest BCUT2D eigenvalue weighted by Crippen LogP contribution is -2.29. The van der Waals surface area contributed by atoms with Crippen molar-refractivity contribution >= 4 is 0 Å². The number of phenolic OH excluding ortho intramolecular Hbond substituents is 4. The van der Waals surface area contributed by atoms with Gasteiger partial charge in [0.2, 0.25) is 5.75 Å². The molecule has 5 heteroatoms. The molecule has 22 heavy (non-hydrogen) atoms. The van der Waals surface area contributed by atoms with Gasteiger partial charge in [0.15, 0.2) is 11.5 Å². The summed E-state index contributed by atoms with van der Waals surface area (Å²) < 4.78 is 0. The van der Waals surface area contributed by atoms with Crippen LogP contribution in [0.3, 0.4) is 0 Å². The molecule has 2 aromatic carbocycles. The first-order chi connectivity index (χ1) is 10.5. The van der Waals surface area contributed by atoms with Crippen molar-refractivity contribution < 1.29 is 20.4 Å². The maximum atomic E-state index is 9.74. The molecule has 5 N–H and O–H groups in total. The van der Waals surface area contributed by atoms with Gasteiger partial charge >= 0.3 is 0 Å². The molecule has 0 heterocycles. The number of phenols is 4. The molecule has 0 aromatic heterocycles. The average Bonchev–Trinajstić information content (AvgIpc) is 2.49. The third kappa shape index (κ3) is 4.05. The van der Waals surface area contributed by atoms with Crippen LogP contribution >= 0.6 is 0 Å². The van der Waals surface area contributed by atoms with Crippen LogP contribution in [0, 0.1) is 0 Å². The lowest BCUT2D eigenvalue weighted by molar-refractivity contribution is 0.364. The minimum atomic E-state index is -0.477. The van der Waals surface area contributed by atoms with Crippen LogP contribution in [0.5, 0.6) is 23.0 Å². The molecule has 0 radical (unpaired) electrons. The normalized spacial score (nSPS) is 12.2. The van der Waals surface area contributed by atoms with E-state index in [0.29, 0.717) is 18.5 Å². The molecule has 0 bridgehead atoms. The van der Waals surface area contributed by atoms with Crippen molar-refractivity contribution in [2.24, 2.45) is 0 Å². The molecule has 118 valence electrons. The Labute approximate surface area is 129 Å². The summed E-state index contributed by atoms with van der Waals surface area (Å²) >= 11 is 0. The van der Waals surface area contributed by atoms with E-state index < -0.39 is 5.75 Å². The quantitative estimate of drug-likeness (QED) is 0.528. The van der Waals surface area contributed by atoms with Crippen molar-refractivity contribution in [2.45, 2.75) is 25.8 Å². The number of hydrogen-bond acceptors (Lipinski definition) is 5. The van der Waals surface area contributed by atoms with Crippen molar-refractivity contribution in [3.63, 3.8) is 0 Å². The average molecular weight is 303 g/mol. The molecule has 0 saturated heterocycles. The highest BCUT2D eigenvalue weighted by molar-refractivity contribution is 5.53. The van der Waals surface area contributed by atoms with Crippen LogP contribution in [0.2, 0.25) is 0 Å². The summed E-state index contributed by atoms with van der Waals surface area (Å²) in [6.45, 7) is 2.69. The molecule has 0 aliphatic heterocycles. The zero-order valence-corrected chi connectivity index (χ0v) is 12.5. The Kier molecular flexibility index (Phi) is 5.12. The van der Waals surface area contributed by atoms with Gasteiger partial charge in [-0.05, 0) is 55.6 Å².